The van der Waals surface area contributed by atoms with Gasteiger partial charge >= 0.3 is 0 Å². The van der Waals surface area contributed by atoms with Crippen molar-refractivity contribution < 1.29 is 28.6 Å². The molecule has 4 aromatic rings. The molecule has 4 N–H and O–H groups in total. The Balaban J connectivity index is 0.797. The molecule has 3 aromatic carbocycles. The number of rotatable bonds is 9. The van der Waals surface area contributed by atoms with E-state index in [-0.39, 0.29) is 29.9 Å². The second-order valence-corrected chi connectivity index (χ2v) is 14.7. The smallest absolute Gasteiger partial charge is 0.252 e. The highest BCUT2D eigenvalue weighted by Crippen LogP contribution is 2.61. The molecule has 2 amide bonds. The molecule has 8 nitrogen and oxygen atoms in total. The molecule has 0 saturated heterocycles. The summed E-state index contributed by atoms with van der Waals surface area (Å²) < 4.78 is 26.4. The molecule has 8 rings (SSSR count). The molecule has 0 bridgehead atoms. The van der Waals surface area contributed by atoms with Crippen molar-refractivity contribution in [3.63, 3.8) is 0 Å². The first kappa shape index (κ1) is 32.0. The number of carbonyl (C=O) groups excluding carboxylic acids is 2. The van der Waals surface area contributed by atoms with Crippen molar-refractivity contribution in [2.75, 3.05) is 26.4 Å². The van der Waals surface area contributed by atoms with Gasteiger partial charge in [0.05, 0.1) is 24.9 Å². The summed E-state index contributed by atoms with van der Waals surface area (Å²) in [7, 11) is 0. The van der Waals surface area contributed by atoms with Crippen molar-refractivity contribution in [1.82, 2.24) is 15.6 Å². The van der Waals surface area contributed by atoms with Gasteiger partial charge in [-0.05, 0) is 120 Å². The van der Waals surface area contributed by atoms with Crippen LogP contribution in [0.4, 0.5) is 4.39 Å². The van der Waals surface area contributed by atoms with E-state index < -0.39 is 5.82 Å². The number of hydrogen-bond donors (Lipinski definition) is 4. The highest BCUT2D eigenvalue weighted by Gasteiger charge is 2.55. The molecule has 1 aliphatic heterocycles. The first-order chi connectivity index (χ1) is 23.8. The molecule has 0 unspecified atom stereocenters. The maximum atomic E-state index is 14.2. The minimum absolute atomic E-state index is 0.0191. The molecule has 2 saturated carbocycles. The van der Waals surface area contributed by atoms with Crippen molar-refractivity contribution in [3.8, 4) is 17.0 Å². The number of phenols is 1. The van der Waals surface area contributed by atoms with Gasteiger partial charge in [0.2, 0.25) is 5.91 Å². The predicted molar refractivity (Wildman–Crippen MR) is 185 cm³/mol. The molecular weight excluding hydrogens is 621 g/mol. The minimum atomic E-state index is -0.449. The van der Waals surface area contributed by atoms with Crippen molar-refractivity contribution in [3.05, 3.63) is 88.2 Å². The first-order valence-electron chi connectivity index (χ1n) is 17.8. The Hall–Kier alpha value is -4.21. The Labute approximate surface area is 285 Å². The number of amides is 2. The Morgan fingerprint density at radius 1 is 1.04 bits per heavy atom. The number of H-pyrrole nitrogens is 1. The van der Waals surface area contributed by atoms with Crippen LogP contribution in [0, 0.1) is 23.1 Å². The van der Waals surface area contributed by atoms with Gasteiger partial charge in [-0.2, -0.15) is 0 Å². The highest BCUT2D eigenvalue weighted by atomic mass is 19.1. The Morgan fingerprint density at radius 2 is 1.90 bits per heavy atom. The second-order valence-electron chi connectivity index (χ2n) is 14.7. The van der Waals surface area contributed by atoms with E-state index in [1.54, 1.807) is 0 Å². The molecule has 256 valence electrons. The molecule has 49 heavy (non-hydrogen) atoms. The van der Waals surface area contributed by atoms with Gasteiger partial charge in [-0.3, -0.25) is 9.59 Å². The summed E-state index contributed by atoms with van der Waals surface area (Å²) in [5.41, 5.74) is 7.67. The number of aryl methyl sites for hydroxylation is 1. The number of phenolic OH excluding ortho intramolecular Hbond substituents is 1. The zero-order valence-electron chi connectivity index (χ0n) is 27.9. The lowest BCUT2D eigenvalue weighted by Crippen LogP contribution is -2.45. The van der Waals surface area contributed by atoms with Gasteiger partial charge in [-0.15, -0.1) is 0 Å². The Kier molecular flexibility index (Phi) is 8.44. The average Bonchev–Trinajstić information content (AvgIpc) is 3.57. The van der Waals surface area contributed by atoms with E-state index in [9.17, 15) is 19.1 Å². The Bertz CT molecular complexity index is 1900. The van der Waals surface area contributed by atoms with Crippen molar-refractivity contribution in [2.45, 2.75) is 70.4 Å². The van der Waals surface area contributed by atoms with E-state index in [4.69, 9.17) is 9.47 Å². The number of halogens is 1. The normalized spacial score (nSPS) is 25.6. The number of nitrogens with one attached hydrogen (secondary N) is 3. The molecule has 9 heteroatoms. The third-order valence-electron chi connectivity index (χ3n) is 12.0. The van der Waals surface area contributed by atoms with Crippen molar-refractivity contribution in [1.29, 1.82) is 0 Å². The number of carbonyl (C=O) groups is 2. The highest BCUT2D eigenvalue weighted by molar-refractivity contribution is 6.10. The fraction of sp³-hybridized carbons (Fsp3) is 0.450. The summed E-state index contributed by atoms with van der Waals surface area (Å²) >= 11 is 0. The van der Waals surface area contributed by atoms with Crippen LogP contribution in [0.25, 0.3) is 22.2 Å². The van der Waals surface area contributed by atoms with Gasteiger partial charge in [0.1, 0.15) is 18.2 Å². The lowest BCUT2D eigenvalue weighted by molar-refractivity contribution is -0.127. The van der Waals surface area contributed by atoms with E-state index in [2.05, 4.69) is 28.6 Å². The summed E-state index contributed by atoms with van der Waals surface area (Å²) in [6, 6.07) is 16.6. The van der Waals surface area contributed by atoms with Gasteiger partial charge in [-0.1, -0.05) is 37.3 Å². The summed E-state index contributed by atoms with van der Waals surface area (Å²) in [4.78, 5) is 28.4. The largest absolute Gasteiger partial charge is 0.508 e. The zero-order valence-corrected chi connectivity index (χ0v) is 27.9. The number of ether oxygens (including phenoxy) is 2. The van der Waals surface area contributed by atoms with E-state index in [1.165, 1.54) is 42.5 Å². The van der Waals surface area contributed by atoms with Crippen LogP contribution in [0.3, 0.4) is 0 Å². The second kappa shape index (κ2) is 12.9. The minimum Gasteiger partial charge on any atom is -0.508 e. The Morgan fingerprint density at radius 3 is 2.76 bits per heavy atom. The number of aromatic nitrogens is 1. The number of fused-ring (bicyclic) bond motifs is 5. The summed E-state index contributed by atoms with van der Waals surface area (Å²) in [5.74, 6) is 1.40. The van der Waals surface area contributed by atoms with Gasteiger partial charge in [0.25, 0.3) is 5.91 Å². The maximum absolute atomic E-state index is 14.2. The number of aromatic amines is 1. The van der Waals surface area contributed by atoms with Gasteiger partial charge in [0.15, 0.2) is 0 Å². The first-order valence-corrected chi connectivity index (χ1v) is 17.8. The summed E-state index contributed by atoms with van der Waals surface area (Å²) in [5, 5.41) is 16.5. The van der Waals surface area contributed by atoms with E-state index in [0.29, 0.717) is 67.3 Å². The molecule has 4 aliphatic rings. The molecule has 2 heterocycles. The van der Waals surface area contributed by atoms with Crippen LogP contribution in [-0.2, 0) is 33.7 Å². The third kappa shape index (κ3) is 5.91. The van der Waals surface area contributed by atoms with E-state index in [1.807, 2.05) is 36.4 Å². The molecule has 1 aromatic heterocycles. The van der Waals surface area contributed by atoms with Crippen molar-refractivity contribution >= 4 is 22.7 Å². The van der Waals surface area contributed by atoms with Gasteiger partial charge in [-0.25, -0.2) is 4.39 Å². The molecule has 0 radical (unpaired) electrons. The van der Waals surface area contributed by atoms with Crippen LogP contribution in [0.1, 0.15) is 77.6 Å². The van der Waals surface area contributed by atoms with Gasteiger partial charge < -0.3 is 30.2 Å². The lowest BCUT2D eigenvalue weighted by Gasteiger charge is -2.50. The van der Waals surface area contributed by atoms with Crippen LogP contribution in [-0.4, -0.2) is 54.4 Å². The summed E-state index contributed by atoms with van der Waals surface area (Å²) in [6.45, 7) is 4.12. The topological polar surface area (TPSA) is 113 Å². The SMILES string of the molecule is C[C@]12CC[C@@H]3c4ccc(O)cc4CC[C@H]3[C@@H]1CC[C@@H]2OCCOCC(=O)NCc1ccc(-c2[nH]c3cc(F)cc4c3c2CCNC4=O)cc1. The average molecular weight is 666 g/mol. The number of hydrogen-bond acceptors (Lipinski definition) is 5. The number of benzene rings is 3. The van der Waals surface area contributed by atoms with E-state index >= 15 is 0 Å². The quantitative estimate of drug-likeness (QED) is 0.152. The van der Waals surface area contributed by atoms with E-state index in [0.717, 1.165) is 47.0 Å². The van der Waals surface area contributed by atoms with Crippen LogP contribution >= 0.6 is 0 Å². The summed E-state index contributed by atoms with van der Waals surface area (Å²) in [6.07, 6.45) is 7.68. The zero-order chi connectivity index (χ0) is 33.7. The fourth-order valence-electron chi connectivity index (χ4n) is 9.69. The third-order valence-corrected chi connectivity index (χ3v) is 12.0. The maximum Gasteiger partial charge on any atom is 0.252 e. The lowest BCUT2D eigenvalue weighted by atomic mass is 9.55. The monoisotopic (exact) mass is 665 g/mol. The fourth-order valence-corrected chi connectivity index (χ4v) is 9.69. The molecule has 5 atom stereocenters. The van der Waals surface area contributed by atoms with Crippen LogP contribution in [0.2, 0.25) is 0 Å². The molecular formula is C40H44FN3O5. The molecule has 0 spiro atoms. The molecule has 3 aliphatic carbocycles. The van der Waals surface area contributed by atoms with Crippen LogP contribution in [0.5, 0.6) is 5.75 Å². The standard InChI is InChI=1S/C40H44FN3O5/c1-40-14-12-29-28-9-7-27(45)18-25(28)6-8-30(29)33(40)10-11-35(40)49-17-16-48-22-36(46)43-21-23-2-4-24(5-3-23)38-31-13-15-42-39(47)32-19-26(41)20-34(44-38)37(31)32/h2-5,7,9,18-20,29-30,33,35,44-45H,6,8,10-17,21-22H2,1H3,(H,42,47)(H,43,46)/t29-,30-,33+,35+,40+/m1/s1. The predicted octanol–water partition coefficient (Wildman–Crippen LogP) is 6.54. The van der Waals surface area contributed by atoms with Crippen LogP contribution < -0.4 is 10.6 Å². The van der Waals surface area contributed by atoms with Gasteiger partial charge in [0, 0.05) is 29.7 Å². The van der Waals surface area contributed by atoms with Crippen LogP contribution in [0.15, 0.2) is 54.6 Å². The molecule has 2 fully saturated rings. The van der Waals surface area contributed by atoms with Crippen molar-refractivity contribution in [2.24, 2.45) is 17.3 Å². The number of aromatic hydroxyl groups is 1.